The van der Waals surface area contributed by atoms with Crippen molar-refractivity contribution in [2.75, 3.05) is 19.6 Å². The van der Waals surface area contributed by atoms with Gasteiger partial charge in [0.1, 0.15) is 6.10 Å². The van der Waals surface area contributed by atoms with Crippen LogP contribution in [0.2, 0.25) is 0 Å². The molecule has 0 saturated carbocycles. The standard InChI is InChI=1S/C20H32N2O3/c1-3-13(2)20(24)25-16-7-8-21-11-14-9-15(18(21)10-16)12-22-17(14)5-4-6-19(22)23/h13-18H,3-12H2,1-2H3/t13-,14+,15+,16+,17-,18+/m1/s1. The van der Waals surface area contributed by atoms with Crippen molar-refractivity contribution < 1.29 is 14.3 Å². The Kier molecular flexibility index (Phi) is 4.78. The van der Waals surface area contributed by atoms with Gasteiger partial charge in [-0.3, -0.25) is 14.5 Å². The average Bonchev–Trinajstić information content (AvgIpc) is 2.62. The normalized spacial score (nSPS) is 39.4. The fourth-order valence-corrected chi connectivity index (χ4v) is 5.61. The Morgan fingerprint density at radius 2 is 2.00 bits per heavy atom. The van der Waals surface area contributed by atoms with Crippen LogP contribution in [0.3, 0.4) is 0 Å². The zero-order valence-corrected chi connectivity index (χ0v) is 15.7. The molecule has 0 aliphatic carbocycles. The first-order valence-electron chi connectivity index (χ1n) is 10.3. The van der Waals surface area contributed by atoms with Gasteiger partial charge in [-0.15, -0.1) is 0 Å². The summed E-state index contributed by atoms with van der Waals surface area (Å²) in [5.41, 5.74) is 0. The molecule has 4 fully saturated rings. The van der Waals surface area contributed by atoms with Gasteiger partial charge in [0.15, 0.2) is 0 Å². The van der Waals surface area contributed by atoms with E-state index in [1.165, 1.54) is 12.8 Å². The van der Waals surface area contributed by atoms with Crippen molar-refractivity contribution in [3.05, 3.63) is 0 Å². The van der Waals surface area contributed by atoms with Crippen molar-refractivity contribution in [3.8, 4) is 0 Å². The fourth-order valence-electron chi connectivity index (χ4n) is 5.61. The summed E-state index contributed by atoms with van der Waals surface area (Å²) in [6, 6.07) is 0.967. The maximum atomic E-state index is 12.4. The molecule has 0 aromatic heterocycles. The highest BCUT2D eigenvalue weighted by Gasteiger charge is 2.49. The van der Waals surface area contributed by atoms with Crippen LogP contribution in [0.1, 0.15) is 58.8 Å². The highest BCUT2D eigenvalue weighted by molar-refractivity contribution is 5.77. The van der Waals surface area contributed by atoms with E-state index in [2.05, 4.69) is 9.80 Å². The van der Waals surface area contributed by atoms with Crippen molar-refractivity contribution in [2.45, 2.75) is 77.0 Å². The van der Waals surface area contributed by atoms with E-state index >= 15 is 0 Å². The summed E-state index contributed by atoms with van der Waals surface area (Å²) in [7, 11) is 0. The molecule has 1 amide bonds. The van der Waals surface area contributed by atoms with Crippen LogP contribution in [0.5, 0.6) is 0 Å². The maximum Gasteiger partial charge on any atom is 0.308 e. The fraction of sp³-hybridized carbons (Fsp3) is 0.900. The van der Waals surface area contributed by atoms with Gasteiger partial charge in [0.25, 0.3) is 0 Å². The summed E-state index contributed by atoms with van der Waals surface area (Å²) in [5, 5.41) is 0. The van der Waals surface area contributed by atoms with Crippen molar-refractivity contribution in [2.24, 2.45) is 17.8 Å². The lowest BCUT2D eigenvalue weighted by atomic mass is 9.70. The lowest BCUT2D eigenvalue weighted by Crippen LogP contribution is -2.65. The number of carbonyl (C=O) groups is 2. The van der Waals surface area contributed by atoms with Gasteiger partial charge in [0.2, 0.25) is 5.91 Å². The van der Waals surface area contributed by atoms with E-state index in [0.717, 1.165) is 51.7 Å². The zero-order chi connectivity index (χ0) is 17.6. The van der Waals surface area contributed by atoms with E-state index in [-0.39, 0.29) is 18.0 Å². The monoisotopic (exact) mass is 348 g/mol. The molecule has 140 valence electrons. The molecule has 4 heterocycles. The van der Waals surface area contributed by atoms with Crippen molar-refractivity contribution in [1.82, 2.24) is 9.80 Å². The Morgan fingerprint density at radius 1 is 1.20 bits per heavy atom. The Hall–Kier alpha value is -1.10. The number of fused-ring (bicyclic) bond motifs is 6. The van der Waals surface area contributed by atoms with Gasteiger partial charge in [-0.1, -0.05) is 13.8 Å². The van der Waals surface area contributed by atoms with Crippen LogP contribution in [-0.4, -0.2) is 59.5 Å². The first kappa shape index (κ1) is 17.3. The van der Waals surface area contributed by atoms with Crippen LogP contribution in [0.25, 0.3) is 0 Å². The molecule has 0 aromatic rings. The third-order valence-corrected chi connectivity index (χ3v) is 7.21. The van der Waals surface area contributed by atoms with Crippen LogP contribution in [-0.2, 0) is 14.3 Å². The Morgan fingerprint density at radius 3 is 2.80 bits per heavy atom. The summed E-state index contributed by atoms with van der Waals surface area (Å²) in [6.07, 6.45) is 7.06. The molecule has 25 heavy (non-hydrogen) atoms. The van der Waals surface area contributed by atoms with E-state index < -0.39 is 0 Å². The first-order valence-corrected chi connectivity index (χ1v) is 10.3. The second-order valence-electron chi connectivity index (χ2n) is 8.72. The smallest absolute Gasteiger partial charge is 0.308 e. The number of carbonyl (C=O) groups excluding carboxylic acids is 2. The third-order valence-electron chi connectivity index (χ3n) is 7.21. The summed E-state index contributed by atoms with van der Waals surface area (Å²) in [6.45, 7) is 7.07. The molecule has 5 nitrogen and oxygen atoms in total. The van der Waals surface area contributed by atoms with Crippen LogP contribution >= 0.6 is 0 Å². The van der Waals surface area contributed by atoms with Crippen molar-refractivity contribution in [3.63, 3.8) is 0 Å². The lowest BCUT2D eigenvalue weighted by molar-refractivity contribution is -0.162. The number of hydrogen-bond acceptors (Lipinski definition) is 4. The van der Waals surface area contributed by atoms with Gasteiger partial charge < -0.3 is 9.64 Å². The molecule has 4 aliphatic rings. The second kappa shape index (κ2) is 6.90. The number of amides is 1. The van der Waals surface area contributed by atoms with Crippen LogP contribution in [0.15, 0.2) is 0 Å². The molecule has 0 spiro atoms. The SMILES string of the molecule is CC[C@@H](C)C(=O)O[C@H]1CCN2C[C@@H]3C[C@@H](CN4C(=O)CCC[C@H]34)[C@@H]2C1. The largest absolute Gasteiger partial charge is 0.462 e. The predicted molar refractivity (Wildman–Crippen MR) is 94.9 cm³/mol. The molecule has 0 N–H and O–H groups in total. The number of esters is 1. The van der Waals surface area contributed by atoms with E-state index in [1.807, 2.05) is 13.8 Å². The maximum absolute atomic E-state index is 12.4. The van der Waals surface area contributed by atoms with E-state index in [0.29, 0.717) is 29.8 Å². The van der Waals surface area contributed by atoms with Gasteiger partial charge >= 0.3 is 5.97 Å². The quantitative estimate of drug-likeness (QED) is 0.735. The molecule has 0 aromatic carbocycles. The second-order valence-corrected chi connectivity index (χ2v) is 8.72. The van der Waals surface area contributed by atoms with E-state index in [4.69, 9.17) is 4.74 Å². The molecule has 0 unspecified atom stereocenters. The molecule has 4 rings (SSSR count). The topological polar surface area (TPSA) is 49.9 Å². The molecule has 4 saturated heterocycles. The summed E-state index contributed by atoms with van der Waals surface area (Å²) >= 11 is 0. The Labute approximate surface area is 151 Å². The minimum absolute atomic E-state index is 0.00447. The van der Waals surface area contributed by atoms with E-state index in [1.54, 1.807) is 0 Å². The predicted octanol–water partition coefficient (Wildman–Crippen LogP) is 2.44. The van der Waals surface area contributed by atoms with Crippen molar-refractivity contribution in [1.29, 1.82) is 0 Å². The average molecular weight is 348 g/mol. The number of ether oxygens (including phenoxy) is 1. The van der Waals surface area contributed by atoms with Gasteiger partial charge in [0.05, 0.1) is 5.92 Å². The summed E-state index contributed by atoms with van der Waals surface area (Å²) in [5.74, 6) is 1.54. The number of rotatable bonds is 3. The van der Waals surface area contributed by atoms with E-state index in [9.17, 15) is 9.59 Å². The van der Waals surface area contributed by atoms with Gasteiger partial charge in [-0.05, 0) is 43.9 Å². The van der Waals surface area contributed by atoms with Gasteiger partial charge in [-0.25, -0.2) is 0 Å². The Balaban J connectivity index is 1.43. The lowest BCUT2D eigenvalue weighted by Gasteiger charge is -2.57. The number of piperidine rings is 4. The zero-order valence-electron chi connectivity index (χ0n) is 15.7. The first-order chi connectivity index (χ1) is 12.1. The molecular formula is C20H32N2O3. The minimum atomic E-state index is -0.0375. The van der Waals surface area contributed by atoms with Crippen LogP contribution < -0.4 is 0 Å². The molecule has 6 atom stereocenters. The molecule has 4 aliphatic heterocycles. The molecular weight excluding hydrogens is 316 g/mol. The summed E-state index contributed by atoms with van der Waals surface area (Å²) < 4.78 is 5.81. The highest BCUT2D eigenvalue weighted by atomic mass is 16.5. The van der Waals surface area contributed by atoms with Gasteiger partial charge in [-0.2, -0.15) is 0 Å². The third kappa shape index (κ3) is 3.20. The minimum Gasteiger partial charge on any atom is -0.462 e. The molecule has 5 heteroatoms. The van der Waals surface area contributed by atoms with Crippen LogP contribution in [0.4, 0.5) is 0 Å². The van der Waals surface area contributed by atoms with Crippen LogP contribution in [0, 0.1) is 17.8 Å². The number of nitrogens with zero attached hydrogens (tertiary/aromatic N) is 2. The molecule has 2 bridgehead atoms. The Bertz CT molecular complexity index is 537. The molecule has 0 radical (unpaired) electrons. The van der Waals surface area contributed by atoms with Crippen molar-refractivity contribution >= 4 is 11.9 Å². The highest BCUT2D eigenvalue weighted by Crippen LogP contribution is 2.43. The number of hydrogen-bond donors (Lipinski definition) is 0. The summed E-state index contributed by atoms with van der Waals surface area (Å²) in [4.78, 5) is 29.4. The van der Waals surface area contributed by atoms with Gasteiger partial charge in [0, 0.05) is 44.6 Å².